The van der Waals surface area contributed by atoms with Crippen molar-refractivity contribution in [2.24, 2.45) is 5.92 Å². The van der Waals surface area contributed by atoms with E-state index in [0.717, 1.165) is 37.9 Å². The SMILES string of the molecule is CN(CCc1ccccn1)C(=O)CC[C@H]1CCCN(C(=O)CN2CCOC2=O)C1. The average molecular weight is 402 g/mol. The number of aromatic nitrogens is 1. The molecule has 0 saturated carbocycles. The Labute approximate surface area is 171 Å². The number of rotatable bonds is 8. The molecule has 2 fully saturated rings. The van der Waals surface area contributed by atoms with Gasteiger partial charge in [0.05, 0.1) is 6.54 Å². The van der Waals surface area contributed by atoms with E-state index in [-0.39, 0.29) is 18.4 Å². The van der Waals surface area contributed by atoms with Gasteiger partial charge in [-0.3, -0.25) is 19.5 Å². The molecule has 0 aromatic carbocycles. The third-order valence-corrected chi connectivity index (χ3v) is 5.66. The quantitative estimate of drug-likeness (QED) is 0.659. The van der Waals surface area contributed by atoms with Gasteiger partial charge in [0.15, 0.2) is 0 Å². The summed E-state index contributed by atoms with van der Waals surface area (Å²) in [6.45, 7) is 2.94. The summed E-state index contributed by atoms with van der Waals surface area (Å²) in [6.07, 6.45) is 5.33. The number of nitrogens with zero attached hydrogens (tertiary/aromatic N) is 4. The van der Waals surface area contributed by atoms with Gasteiger partial charge >= 0.3 is 6.09 Å². The molecule has 3 heterocycles. The normalized spacial score (nSPS) is 19.2. The molecule has 1 aromatic heterocycles. The Kier molecular flexibility index (Phi) is 7.43. The van der Waals surface area contributed by atoms with Gasteiger partial charge in [0.2, 0.25) is 11.8 Å². The first-order valence-corrected chi connectivity index (χ1v) is 10.4. The summed E-state index contributed by atoms with van der Waals surface area (Å²) >= 11 is 0. The van der Waals surface area contributed by atoms with Crippen LogP contribution in [0.15, 0.2) is 24.4 Å². The second-order valence-corrected chi connectivity index (χ2v) is 7.81. The van der Waals surface area contributed by atoms with Crippen LogP contribution in [0, 0.1) is 5.92 Å². The van der Waals surface area contributed by atoms with Crippen LogP contribution in [0.3, 0.4) is 0 Å². The molecule has 29 heavy (non-hydrogen) atoms. The third kappa shape index (κ3) is 6.17. The van der Waals surface area contributed by atoms with Gasteiger partial charge in [-0.1, -0.05) is 6.07 Å². The molecule has 8 nitrogen and oxygen atoms in total. The molecule has 0 bridgehead atoms. The van der Waals surface area contributed by atoms with Crippen molar-refractivity contribution in [1.82, 2.24) is 19.7 Å². The highest BCUT2D eigenvalue weighted by Crippen LogP contribution is 2.22. The summed E-state index contributed by atoms with van der Waals surface area (Å²) in [7, 11) is 1.83. The van der Waals surface area contributed by atoms with Crippen molar-refractivity contribution in [3.8, 4) is 0 Å². The maximum atomic E-state index is 12.5. The fourth-order valence-corrected chi connectivity index (χ4v) is 3.83. The highest BCUT2D eigenvalue weighted by atomic mass is 16.6. The van der Waals surface area contributed by atoms with Gasteiger partial charge in [-0.2, -0.15) is 0 Å². The van der Waals surface area contributed by atoms with Crippen molar-refractivity contribution in [3.63, 3.8) is 0 Å². The number of likely N-dealkylation sites (tertiary alicyclic amines) is 1. The van der Waals surface area contributed by atoms with Gasteiger partial charge < -0.3 is 14.5 Å². The number of ether oxygens (including phenoxy) is 1. The van der Waals surface area contributed by atoms with Gasteiger partial charge in [-0.05, 0) is 37.3 Å². The zero-order chi connectivity index (χ0) is 20.6. The number of hydrogen-bond donors (Lipinski definition) is 0. The van der Waals surface area contributed by atoms with Gasteiger partial charge in [0.1, 0.15) is 13.2 Å². The summed E-state index contributed by atoms with van der Waals surface area (Å²) in [6, 6.07) is 5.80. The van der Waals surface area contributed by atoms with Crippen molar-refractivity contribution >= 4 is 17.9 Å². The lowest BCUT2D eigenvalue weighted by molar-refractivity contribution is -0.133. The number of pyridine rings is 1. The molecular formula is C21H30N4O4. The second-order valence-electron chi connectivity index (χ2n) is 7.81. The van der Waals surface area contributed by atoms with Crippen LogP contribution >= 0.6 is 0 Å². The van der Waals surface area contributed by atoms with E-state index in [1.54, 1.807) is 11.1 Å². The van der Waals surface area contributed by atoms with Crippen LogP contribution in [0.4, 0.5) is 4.79 Å². The first-order valence-electron chi connectivity index (χ1n) is 10.4. The fraction of sp³-hybridized carbons (Fsp3) is 0.619. The Balaban J connectivity index is 1.38. The molecule has 0 radical (unpaired) electrons. The molecule has 3 rings (SSSR count). The number of piperidine rings is 1. The molecular weight excluding hydrogens is 372 g/mol. The van der Waals surface area contributed by atoms with E-state index in [2.05, 4.69) is 4.98 Å². The smallest absolute Gasteiger partial charge is 0.410 e. The molecule has 1 aromatic rings. The van der Waals surface area contributed by atoms with E-state index >= 15 is 0 Å². The molecule has 2 aliphatic rings. The van der Waals surface area contributed by atoms with Crippen molar-refractivity contribution < 1.29 is 19.1 Å². The zero-order valence-electron chi connectivity index (χ0n) is 17.1. The van der Waals surface area contributed by atoms with E-state index in [9.17, 15) is 14.4 Å². The molecule has 0 unspecified atom stereocenters. The summed E-state index contributed by atoms with van der Waals surface area (Å²) in [5.74, 6) is 0.419. The Morgan fingerprint density at radius 1 is 1.31 bits per heavy atom. The maximum absolute atomic E-state index is 12.5. The Hall–Kier alpha value is -2.64. The molecule has 0 spiro atoms. The number of hydrogen-bond acceptors (Lipinski definition) is 5. The summed E-state index contributed by atoms with van der Waals surface area (Å²) in [5, 5.41) is 0. The van der Waals surface area contributed by atoms with Gasteiger partial charge in [0, 0.05) is 51.4 Å². The van der Waals surface area contributed by atoms with Crippen molar-refractivity contribution in [2.45, 2.75) is 32.1 Å². The van der Waals surface area contributed by atoms with Crippen molar-refractivity contribution in [1.29, 1.82) is 0 Å². The molecule has 3 amide bonds. The summed E-state index contributed by atoms with van der Waals surface area (Å²) in [4.78, 5) is 45.8. The third-order valence-electron chi connectivity index (χ3n) is 5.66. The first kappa shape index (κ1) is 21.1. The van der Waals surface area contributed by atoms with Gasteiger partial charge in [-0.15, -0.1) is 0 Å². The summed E-state index contributed by atoms with van der Waals surface area (Å²) < 4.78 is 4.88. The predicted octanol–water partition coefficient (Wildman–Crippen LogP) is 1.55. The van der Waals surface area contributed by atoms with Crippen LogP contribution in [0.1, 0.15) is 31.4 Å². The number of carbonyl (C=O) groups excluding carboxylic acids is 3. The van der Waals surface area contributed by atoms with Crippen LogP contribution in [-0.4, -0.2) is 84.0 Å². The van der Waals surface area contributed by atoms with Crippen LogP contribution in [0.5, 0.6) is 0 Å². The number of carbonyl (C=O) groups is 3. The Bertz CT molecular complexity index is 712. The number of amides is 3. The lowest BCUT2D eigenvalue weighted by Crippen LogP contribution is -2.45. The molecule has 2 saturated heterocycles. The highest BCUT2D eigenvalue weighted by Gasteiger charge is 2.29. The number of likely N-dealkylation sites (N-methyl/N-ethyl adjacent to an activating group) is 1. The van der Waals surface area contributed by atoms with E-state index in [1.807, 2.05) is 30.1 Å². The average Bonchev–Trinajstić information content (AvgIpc) is 3.15. The van der Waals surface area contributed by atoms with E-state index in [1.165, 1.54) is 4.90 Å². The zero-order valence-corrected chi connectivity index (χ0v) is 17.1. The minimum atomic E-state index is -0.411. The topological polar surface area (TPSA) is 83.1 Å². The van der Waals surface area contributed by atoms with Crippen LogP contribution in [-0.2, 0) is 20.7 Å². The minimum Gasteiger partial charge on any atom is -0.448 e. The molecule has 0 N–H and O–H groups in total. The monoisotopic (exact) mass is 402 g/mol. The summed E-state index contributed by atoms with van der Waals surface area (Å²) in [5.41, 5.74) is 0.982. The lowest BCUT2D eigenvalue weighted by atomic mass is 9.93. The van der Waals surface area contributed by atoms with E-state index in [4.69, 9.17) is 4.74 Å². The standard InChI is InChI=1S/C21H30N4O4/c1-23(12-9-18-6-2-3-10-22-18)19(26)8-7-17-5-4-11-24(15-17)20(27)16-25-13-14-29-21(25)28/h2-3,6,10,17H,4-5,7-9,11-16H2,1H3/t17-/m1/s1. The van der Waals surface area contributed by atoms with Crippen molar-refractivity contribution in [2.75, 3.05) is 46.4 Å². The van der Waals surface area contributed by atoms with Crippen LogP contribution < -0.4 is 0 Å². The first-order chi connectivity index (χ1) is 14.0. The molecule has 8 heteroatoms. The van der Waals surface area contributed by atoms with Crippen LogP contribution in [0.25, 0.3) is 0 Å². The maximum Gasteiger partial charge on any atom is 0.410 e. The second kappa shape index (κ2) is 10.2. The Morgan fingerprint density at radius 2 is 2.17 bits per heavy atom. The molecule has 1 atom stereocenters. The molecule has 158 valence electrons. The highest BCUT2D eigenvalue weighted by molar-refractivity contribution is 5.83. The number of cyclic esters (lactones) is 1. The minimum absolute atomic E-state index is 0.0349. The van der Waals surface area contributed by atoms with Gasteiger partial charge in [-0.25, -0.2) is 4.79 Å². The van der Waals surface area contributed by atoms with Crippen LogP contribution in [0.2, 0.25) is 0 Å². The largest absolute Gasteiger partial charge is 0.448 e. The predicted molar refractivity (Wildman–Crippen MR) is 107 cm³/mol. The van der Waals surface area contributed by atoms with E-state index < -0.39 is 6.09 Å². The van der Waals surface area contributed by atoms with E-state index in [0.29, 0.717) is 38.6 Å². The lowest BCUT2D eigenvalue weighted by Gasteiger charge is -2.33. The Morgan fingerprint density at radius 3 is 2.90 bits per heavy atom. The molecule has 0 aliphatic carbocycles. The van der Waals surface area contributed by atoms with Gasteiger partial charge in [0.25, 0.3) is 0 Å². The molecule has 2 aliphatic heterocycles. The van der Waals surface area contributed by atoms with Crippen molar-refractivity contribution in [3.05, 3.63) is 30.1 Å². The fourth-order valence-electron chi connectivity index (χ4n) is 3.83.